The molecule has 94 valence electrons. The zero-order valence-electron chi connectivity index (χ0n) is 10.0. The smallest absolute Gasteiger partial charge is 0.306 e. The van der Waals surface area contributed by atoms with Gasteiger partial charge in [-0.1, -0.05) is 12.1 Å². The lowest BCUT2D eigenvalue weighted by Gasteiger charge is -2.17. The van der Waals surface area contributed by atoms with Gasteiger partial charge in [0.2, 0.25) is 0 Å². The molecule has 0 radical (unpaired) electrons. The van der Waals surface area contributed by atoms with E-state index in [1.807, 2.05) is 12.1 Å². The molecule has 0 spiro atoms. The summed E-state index contributed by atoms with van der Waals surface area (Å²) in [5.74, 6) is -0.853. The number of carbonyl (C=O) groups is 1. The van der Waals surface area contributed by atoms with Gasteiger partial charge in [0.1, 0.15) is 0 Å². The Labute approximate surface area is 105 Å². The van der Waals surface area contributed by atoms with Gasteiger partial charge in [-0.15, -0.1) is 0 Å². The number of hydrogen-bond acceptors (Lipinski definition) is 4. The van der Waals surface area contributed by atoms with Crippen LogP contribution in [0.1, 0.15) is 30.0 Å². The molecule has 1 aliphatic heterocycles. The topological polar surface area (TPSA) is 73.6 Å². The molecule has 2 atom stereocenters. The van der Waals surface area contributed by atoms with Crippen molar-refractivity contribution in [1.82, 2.24) is 5.06 Å². The minimum Gasteiger partial charge on any atom is -0.481 e. The summed E-state index contributed by atoms with van der Waals surface area (Å²) in [6.45, 7) is 0. The molecule has 1 N–H and O–H groups in total. The molecule has 0 amide bonds. The van der Waals surface area contributed by atoms with Crippen molar-refractivity contribution < 1.29 is 14.7 Å². The van der Waals surface area contributed by atoms with Crippen LogP contribution >= 0.6 is 0 Å². The minimum absolute atomic E-state index is 0.0110. The van der Waals surface area contributed by atoms with Crippen LogP contribution in [0.25, 0.3) is 0 Å². The van der Waals surface area contributed by atoms with Crippen LogP contribution in [0.3, 0.4) is 0 Å². The molecular weight excluding hydrogens is 232 g/mol. The Morgan fingerprint density at radius 1 is 1.56 bits per heavy atom. The molecule has 1 saturated heterocycles. The first-order chi connectivity index (χ1) is 8.60. The molecule has 0 aromatic heterocycles. The summed E-state index contributed by atoms with van der Waals surface area (Å²) in [4.78, 5) is 16.1. The molecule has 0 bridgehead atoms. The maximum atomic E-state index is 10.7. The molecular formula is C13H14N2O3. The van der Waals surface area contributed by atoms with Crippen molar-refractivity contribution in [3.8, 4) is 6.07 Å². The Morgan fingerprint density at radius 2 is 2.22 bits per heavy atom. The quantitative estimate of drug-likeness (QED) is 0.878. The second kappa shape index (κ2) is 5.17. The second-order valence-corrected chi connectivity index (χ2v) is 4.36. The van der Waals surface area contributed by atoms with Gasteiger partial charge in [0.05, 0.1) is 30.2 Å². The van der Waals surface area contributed by atoms with E-state index in [1.165, 1.54) is 0 Å². The van der Waals surface area contributed by atoms with Crippen molar-refractivity contribution in [2.45, 2.75) is 25.0 Å². The number of hydroxylamine groups is 2. The third kappa shape index (κ3) is 2.67. The lowest BCUT2D eigenvalue weighted by atomic mass is 9.99. The average Bonchev–Trinajstić information content (AvgIpc) is 2.69. The highest BCUT2D eigenvalue weighted by molar-refractivity contribution is 5.67. The predicted octanol–water partition coefficient (Wildman–Crippen LogP) is 1.71. The zero-order chi connectivity index (χ0) is 13.1. The van der Waals surface area contributed by atoms with Crippen LogP contribution in [-0.2, 0) is 9.63 Å². The Bertz CT molecular complexity index is 478. The van der Waals surface area contributed by atoms with Crippen molar-refractivity contribution in [3.05, 3.63) is 35.4 Å². The number of nitriles is 1. The summed E-state index contributed by atoms with van der Waals surface area (Å²) in [6.07, 6.45) is 0.374. The van der Waals surface area contributed by atoms with Crippen molar-refractivity contribution in [1.29, 1.82) is 5.26 Å². The fourth-order valence-corrected chi connectivity index (χ4v) is 2.19. The highest BCUT2D eigenvalue weighted by Gasteiger charge is 2.33. The van der Waals surface area contributed by atoms with E-state index in [1.54, 1.807) is 24.2 Å². The lowest BCUT2D eigenvalue weighted by molar-refractivity contribution is -0.159. The molecule has 0 unspecified atom stereocenters. The van der Waals surface area contributed by atoms with Gasteiger partial charge in [0.15, 0.2) is 0 Å². The van der Waals surface area contributed by atoms with Crippen LogP contribution in [0.4, 0.5) is 0 Å². The number of rotatable bonds is 3. The number of hydrogen-bond donors (Lipinski definition) is 1. The summed E-state index contributed by atoms with van der Waals surface area (Å²) in [5.41, 5.74) is 1.65. The summed E-state index contributed by atoms with van der Waals surface area (Å²) >= 11 is 0. The van der Waals surface area contributed by atoms with E-state index in [0.29, 0.717) is 12.0 Å². The molecule has 1 aliphatic rings. The van der Waals surface area contributed by atoms with Gasteiger partial charge >= 0.3 is 5.97 Å². The van der Waals surface area contributed by atoms with Crippen LogP contribution in [0.5, 0.6) is 0 Å². The third-order valence-electron chi connectivity index (χ3n) is 3.07. The maximum absolute atomic E-state index is 10.7. The van der Waals surface area contributed by atoms with E-state index < -0.39 is 5.97 Å². The second-order valence-electron chi connectivity index (χ2n) is 4.36. The fourth-order valence-electron chi connectivity index (χ4n) is 2.19. The standard InChI is InChI=1S/C13H14N2O3/c1-15-12(6-11(18-15)7-13(16)17)10-4-2-9(8-14)3-5-10/h2-5,11-12H,6-7H2,1H3,(H,16,17)/t11-,12+/m0/s1. The monoisotopic (exact) mass is 246 g/mol. The van der Waals surface area contributed by atoms with Crippen LogP contribution < -0.4 is 0 Å². The fraction of sp³-hybridized carbons (Fsp3) is 0.385. The van der Waals surface area contributed by atoms with Crippen molar-refractivity contribution in [2.24, 2.45) is 0 Å². The molecule has 0 saturated carbocycles. The highest BCUT2D eigenvalue weighted by Crippen LogP contribution is 2.33. The molecule has 18 heavy (non-hydrogen) atoms. The Balaban J connectivity index is 2.09. The Kier molecular flexibility index (Phi) is 3.60. The first-order valence-corrected chi connectivity index (χ1v) is 5.71. The Hall–Kier alpha value is -1.90. The number of nitrogens with zero attached hydrogens (tertiary/aromatic N) is 2. The van der Waals surface area contributed by atoms with E-state index in [2.05, 4.69) is 6.07 Å². The van der Waals surface area contributed by atoms with Crippen molar-refractivity contribution in [2.75, 3.05) is 7.05 Å². The third-order valence-corrected chi connectivity index (χ3v) is 3.07. The molecule has 0 aliphatic carbocycles. The van der Waals surface area contributed by atoms with Crippen LogP contribution in [0.2, 0.25) is 0 Å². The summed E-state index contributed by atoms with van der Waals surface area (Å²) in [5, 5.41) is 19.2. The first-order valence-electron chi connectivity index (χ1n) is 5.71. The van der Waals surface area contributed by atoms with E-state index in [4.69, 9.17) is 15.2 Å². The van der Waals surface area contributed by atoms with Gasteiger partial charge in [-0.3, -0.25) is 9.63 Å². The normalized spacial score (nSPS) is 23.8. The van der Waals surface area contributed by atoms with Gasteiger partial charge < -0.3 is 5.11 Å². The van der Waals surface area contributed by atoms with Gasteiger partial charge in [0.25, 0.3) is 0 Å². The predicted molar refractivity (Wildman–Crippen MR) is 63.4 cm³/mol. The lowest BCUT2D eigenvalue weighted by Crippen LogP contribution is -2.18. The zero-order valence-corrected chi connectivity index (χ0v) is 10.0. The first kappa shape index (κ1) is 12.6. The minimum atomic E-state index is -0.853. The molecule has 1 aromatic carbocycles. The van der Waals surface area contributed by atoms with Gasteiger partial charge in [-0.05, 0) is 24.1 Å². The summed E-state index contributed by atoms with van der Waals surface area (Å²) in [7, 11) is 1.80. The molecule has 5 nitrogen and oxygen atoms in total. The van der Waals surface area contributed by atoms with E-state index in [9.17, 15) is 4.79 Å². The molecule has 2 rings (SSSR count). The van der Waals surface area contributed by atoms with Gasteiger partial charge in [-0.2, -0.15) is 10.3 Å². The highest BCUT2D eigenvalue weighted by atomic mass is 16.7. The summed E-state index contributed by atoms with van der Waals surface area (Å²) in [6, 6.07) is 9.39. The van der Waals surface area contributed by atoms with Crippen LogP contribution in [0, 0.1) is 11.3 Å². The Morgan fingerprint density at radius 3 is 2.78 bits per heavy atom. The molecule has 1 aromatic rings. The van der Waals surface area contributed by atoms with Crippen LogP contribution in [0.15, 0.2) is 24.3 Å². The summed E-state index contributed by atoms with van der Waals surface area (Å²) < 4.78 is 0. The number of carboxylic acids is 1. The molecule has 1 fully saturated rings. The van der Waals surface area contributed by atoms with Crippen LogP contribution in [-0.4, -0.2) is 29.3 Å². The largest absolute Gasteiger partial charge is 0.481 e. The molecule has 5 heteroatoms. The number of benzene rings is 1. The van der Waals surface area contributed by atoms with E-state index in [-0.39, 0.29) is 18.6 Å². The van der Waals surface area contributed by atoms with Crippen molar-refractivity contribution in [3.63, 3.8) is 0 Å². The van der Waals surface area contributed by atoms with Gasteiger partial charge in [-0.25, -0.2) is 0 Å². The van der Waals surface area contributed by atoms with E-state index >= 15 is 0 Å². The van der Waals surface area contributed by atoms with E-state index in [0.717, 1.165) is 5.56 Å². The number of carboxylic acid groups (broad SMARTS) is 1. The number of aliphatic carboxylic acids is 1. The average molecular weight is 246 g/mol. The SMILES string of the molecule is CN1O[C@H](CC(=O)O)C[C@@H]1c1ccc(C#N)cc1. The van der Waals surface area contributed by atoms with Gasteiger partial charge in [0, 0.05) is 7.05 Å². The van der Waals surface area contributed by atoms with Crippen molar-refractivity contribution >= 4 is 5.97 Å². The molecule has 1 heterocycles. The maximum Gasteiger partial charge on any atom is 0.306 e.